The third-order valence-corrected chi connectivity index (χ3v) is 3.63. The topological polar surface area (TPSA) is 48.1 Å². The van der Waals surface area contributed by atoms with E-state index in [2.05, 4.69) is 36.8 Å². The molecular formula is C12H10Br2N2O. The molecule has 0 aliphatic heterocycles. The Bertz CT molecular complexity index is 558. The quantitative estimate of drug-likeness (QED) is 0.872. The predicted octanol–water partition coefficient (Wildman–Crippen LogP) is 4.29. The molecule has 2 rings (SSSR count). The second kappa shape index (κ2) is 5.06. The summed E-state index contributed by atoms with van der Waals surface area (Å²) in [6, 6.07) is 7.51. The molecule has 0 atom stereocenters. The van der Waals surface area contributed by atoms with E-state index in [4.69, 9.17) is 10.5 Å². The van der Waals surface area contributed by atoms with E-state index in [1.54, 1.807) is 12.3 Å². The Morgan fingerprint density at radius 1 is 1.18 bits per heavy atom. The van der Waals surface area contributed by atoms with Crippen molar-refractivity contribution in [2.75, 3.05) is 5.73 Å². The zero-order valence-electron chi connectivity index (χ0n) is 9.08. The van der Waals surface area contributed by atoms with Crippen LogP contribution < -0.4 is 10.5 Å². The van der Waals surface area contributed by atoms with Crippen LogP contribution >= 0.6 is 31.9 Å². The van der Waals surface area contributed by atoms with Crippen LogP contribution in [0, 0.1) is 6.92 Å². The minimum atomic E-state index is 0.501. The maximum atomic E-state index is 5.67. The van der Waals surface area contributed by atoms with Gasteiger partial charge in [0.25, 0.3) is 0 Å². The second-order valence-electron chi connectivity index (χ2n) is 3.57. The first kappa shape index (κ1) is 12.4. The van der Waals surface area contributed by atoms with Crippen molar-refractivity contribution >= 4 is 37.5 Å². The number of rotatable bonds is 2. The molecule has 0 saturated heterocycles. The highest BCUT2D eigenvalue weighted by Gasteiger charge is 2.05. The Balaban J connectivity index is 2.28. The van der Waals surface area contributed by atoms with E-state index < -0.39 is 0 Å². The monoisotopic (exact) mass is 356 g/mol. The highest BCUT2D eigenvalue weighted by atomic mass is 79.9. The molecule has 0 amide bonds. The molecule has 0 aliphatic carbocycles. The Kier molecular flexibility index (Phi) is 3.69. The van der Waals surface area contributed by atoms with Gasteiger partial charge in [0.1, 0.15) is 5.75 Å². The number of nitrogens with two attached hydrogens (primary N) is 1. The van der Waals surface area contributed by atoms with Crippen LogP contribution in [0.4, 0.5) is 5.69 Å². The van der Waals surface area contributed by atoms with Gasteiger partial charge in [0.05, 0.1) is 16.4 Å². The zero-order chi connectivity index (χ0) is 12.4. The average molecular weight is 358 g/mol. The summed E-state index contributed by atoms with van der Waals surface area (Å²) in [5.74, 6) is 1.24. The summed E-state index contributed by atoms with van der Waals surface area (Å²) in [5, 5.41) is 0. The van der Waals surface area contributed by atoms with E-state index in [1.165, 1.54) is 0 Å². The number of pyridine rings is 1. The van der Waals surface area contributed by atoms with E-state index in [9.17, 15) is 0 Å². The molecule has 0 unspecified atom stereocenters. The van der Waals surface area contributed by atoms with Crippen LogP contribution in [0.3, 0.4) is 0 Å². The lowest BCUT2D eigenvalue weighted by Gasteiger charge is -2.08. The van der Waals surface area contributed by atoms with Crippen molar-refractivity contribution in [2.24, 2.45) is 0 Å². The number of hydrogen-bond acceptors (Lipinski definition) is 3. The first-order valence-corrected chi connectivity index (χ1v) is 6.50. The van der Waals surface area contributed by atoms with Crippen molar-refractivity contribution in [3.05, 3.63) is 45.0 Å². The fourth-order valence-electron chi connectivity index (χ4n) is 1.31. The first-order chi connectivity index (χ1) is 8.06. The Morgan fingerprint density at radius 3 is 2.59 bits per heavy atom. The summed E-state index contributed by atoms with van der Waals surface area (Å²) in [4.78, 5) is 4.12. The molecular weight excluding hydrogens is 348 g/mol. The molecule has 0 saturated carbocycles. The summed E-state index contributed by atoms with van der Waals surface area (Å²) in [6.45, 7) is 2.00. The molecule has 0 radical (unpaired) electrons. The van der Waals surface area contributed by atoms with Crippen molar-refractivity contribution in [3.8, 4) is 11.6 Å². The molecule has 0 fully saturated rings. The number of hydrogen-bond donors (Lipinski definition) is 1. The summed E-state index contributed by atoms with van der Waals surface area (Å²) in [7, 11) is 0. The molecule has 3 nitrogen and oxygen atoms in total. The van der Waals surface area contributed by atoms with Gasteiger partial charge in [-0.2, -0.15) is 0 Å². The molecule has 2 aromatic rings. The Labute approximate surface area is 116 Å². The van der Waals surface area contributed by atoms with Gasteiger partial charge in [0, 0.05) is 4.47 Å². The van der Waals surface area contributed by atoms with Crippen molar-refractivity contribution in [1.29, 1.82) is 0 Å². The van der Waals surface area contributed by atoms with Crippen molar-refractivity contribution in [3.63, 3.8) is 0 Å². The van der Waals surface area contributed by atoms with E-state index >= 15 is 0 Å². The van der Waals surface area contributed by atoms with Gasteiger partial charge in [-0.3, -0.25) is 0 Å². The molecule has 1 aromatic carbocycles. The SMILES string of the molecule is Cc1cc(Oc2ncc(N)cc2Br)ccc1Br. The van der Waals surface area contributed by atoms with E-state index in [-0.39, 0.29) is 0 Å². The van der Waals surface area contributed by atoms with Gasteiger partial charge < -0.3 is 10.5 Å². The lowest BCUT2D eigenvalue weighted by atomic mass is 10.2. The molecule has 1 aromatic heterocycles. The van der Waals surface area contributed by atoms with Crippen molar-refractivity contribution < 1.29 is 4.74 Å². The number of halogens is 2. The molecule has 0 bridgehead atoms. The van der Waals surface area contributed by atoms with Gasteiger partial charge in [0.2, 0.25) is 5.88 Å². The van der Waals surface area contributed by atoms with Crippen LogP contribution in [0.5, 0.6) is 11.6 Å². The van der Waals surface area contributed by atoms with Gasteiger partial charge in [-0.25, -0.2) is 4.98 Å². The Morgan fingerprint density at radius 2 is 1.94 bits per heavy atom. The number of ether oxygens (including phenoxy) is 1. The van der Waals surface area contributed by atoms with Crippen LogP contribution in [0.2, 0.25) is 0 Å². The van der Waals surface area contributed by atoms with Gasteiger partial charge in [-0.05, 0) is 52.7 Å². The predicted molar refractivity (Wildman–Crippen MR) is 75.3 cm³/mol. The number of anilines is 1. The van der Waals surface area contributed by atoms with Gasteiger partial charge in [-0.1, -0.05) is 15.9 Å². The van der Waals surface area contributed by atoms with Gasteiger partial charge in [-0.15, -0.1) is 0 Å². The van der Waals surface area contributed by atoms with Crippen molar-refractivity contribution in [2.45, 2.75) is 6.92 Å². The zero-order valence-corrected chi connectivity index (χ0v) is 12.2. The average Bonchev–Trinajstić information content (AvgIpc) is 2.27. The van der Waals surface area contributed by atoms with Crippen LogP contribution in [0.15, 0.2) is 39.4 Å². The van der Waals surface area contributed by atoms with Crippen LogP contribution in [-0.4, -0.2) is 4.98 Å². The fourth-order valence-corrected chi connectivity index (χ4v) is 2.00. The molecule has 17 heavy (non-hydrogen) atoms. The lowest BCUT2D eigenvalue weighted by molar-refractivity contribution is 0.459. The Hall–Kier alpha value is -1.07. The van der Waals surface area contributed by atoms with Gasteiger partial charge >= 0.3 is 0 Å². The molecule has 0 aliphatic rings. The highest BCUT2D eigenvalue weighted by Crippen LogP contribution is 2.30. The van der Waals surface area contributed by atoms with Gasteiger partial charge in [0.15, 0.2) is 0 Å². The van der Waals surface area contributed by atoms with Crippen LogP contribution in [0.1, 0.15) is 5.56 Å². The molecule has 2 N–H and O–H groups in total. The minimum Gasteiger partial charge on any atom is -0.438 e. The summed E-state index contributed by atoms with van der Waals surface area (Å²) >= 11 is 6.80. The summed E-state index contributed by atoms with van der Waals surface area (Å²) in [6.07, 6.45) is 1.56. The minimum absolute atomic E-state index is 0.501. The smallest absolute Gasteiger partial charge is 0.233 e. The number of benzene rings is 1. The highest BCUT2D eigenvalue weighted by molar-refractivity contribution is 9.10. The molecule has 1 heterocycles. The van der Waals surface area contributed by atoms with E-state index in [0.29, 0.717) is 11.6 Å². The normalized spacial score (nSPS) is 10.3. The van der Waals surface area contributed by atoms with Crippen LogP contribution in [-0.2, 0) is 0 Å². The van der Waals surface area contributed by atoms with Crippen LogP contribution in [0.25, 0.3) is 0 Å². The first-order valence-electron chi connectivity index (χ1n) is 4.91. The molecule has 5 heteroatoms. The number of aryl methyl sites for hydroxylation is 1. The standard InChI is InChI=1S/C12H10Br2N2O/c1-7-4-9(2-3-10(7)13)17-12-11(14)5-8(15)6-16-12/h2-6H,15H2,1H3. The largest absolute Gasteiger partial charge is 0.438 e. The third-order valence-electron chi connectivity index (χ3n) is 2.17. The second-order valence-corrected chi connectivity index (χ2v) is 5.28. The fraction of sp³-hybridized carbons (Fsp3) is 0.0833. The lowest BCUT2D eigenvalue weighted by Crippen LogP contribution is -1.92. The number of nitrogens with zero attached hydrogens (tertiary/aromatic N) is 1. The summed E-state index contributed by atoms with van der Waals surface area (Å²) in [5.41, 5.74) is 7.31. The number of nitrogen functional groups attached to an aromatic ring is 1. The molecule has 0 spiro atoms. The molecule has 88 valence electrons. The number of aromatic nitrogens is 1. The maximum Gasteiger partial charge on any atom is 0.233 e. The van der Waals surface area contributed by atoms with Crippen molar-refractivity contribution in [1.82, 2.24) is 4.98 Å². The third kappa shape index (κ3) is 2.98. The maximum absolute atomic E-state index is 5.67. The van der Waals surface area contributed by atoms with E-state index in [0.717, 1.165) is 20.3 Å². The van der Waals surface area contributed by atoms with E-state index in [1.807, 2.05) is 25.1 Å². The summed E-state index contributed by atoms with van der Waals surface area (Å²) < 4.78 is 7.45.